The van der Waals surface area contributed by atoms with Crippen LogP contribution in [0.2, 0.25) is 0 Å². The first-order valence-electron chi connectivity index (χ1n) is 9.73. The summed E-state index contributed by atoms with van der Waals surface area (Å²) in [4.78, 5) is 25.2. The highest BCUT2D eigenvalue weighted by atomic mass is 32.2. The zero-order valence-electron chi connectivity index (χ0n) is 17.7. The van der Waals surface area contributed by atoms with Gasteiger partial charge in [0.1, 0.15) is 6.04 Å². The van der Waals surface area contributed by atoms with E-state index in [2.05, 4.69) is 10.6 Å². The van der Waals surface area contributed by atoms with Gasteiger partial charge in [-0.3, -0.25) is 9.59 Å². The van der Waals surface area contributed by atoms with Crippen LogP contribution < -0.4 is 10.6 Å². The maximum atomic E-state index is 12.7. The van der Waals surface area contributed by atoms with E-state index in [0.29, 0.717) is 25.6 Å². The Kier molecular flexibility index (Phi) is 9.10. The van der Waals surface area contributed by atoms with Crippen molar-refractivity contribution in [3.63, 3.8) is 0 Å². The molecule has 1 atom stereocenters. The molecule has 7 nitrogen and oxygen atoms in total. The fraction of sp³-hybridized carbons (Fsp3) is 0.600. The van der Waals surface area contributed by atoms with Crippen molar-refractivity contribution >= 4 is 21.8 Å². The summed E-state index contributed by atoms with van der Waals surface area (Å²) in [5.41, 5.74) is 0.204. The number of nitrogens with zero attached hydrogens (tertiary/aromatic N) is 1. The van der Waals surface area contributed by atoms with Crippen molar-refractivity contribution in [2.75, 3.05) is 19.6 Å². The number of sulfonamides is 1. The molecule has 0 saturated heterocycles. The molecule has 0 unspecified atom stereocenters. The van der Waals surface area contributed by atoms with Crippen LogP contribution in [0.15, 0.2) is 29.2 Å². The standard InChI is InChI=1S/C20H33N3O4S/c1-7-23(8-2)28(26,27)17-11-9-10-16(12-17)19(24)22-18(15(5)6)20(25)21-13-14(3)4/h9-12,14-15,18H,7-8,13H2,1-6H3,(H,21,25)(H,22,24)/t18-/m1/s1. The van der Waals surface area contributed by atoms with Gasteiger partial charge in [0.15, 0.2) is 0 Å². The third kappa shape index (κ3) is 6.31. The van der Waals surface area contributed by atoms with Crippen LogP contribution >= 0.6 is 0 Å². The molecular formula is C20H33N3O4S. The highest BCUT2D eigenvalue weighted by molar-refractivity contribution is 7.89. The molecule has 2 N–H and O–H groups in total. The number of nitrogens with one attached hydrogen (secondary N) is 2. The molecule has 28 heavy (non-hydrogen) atoms. The molecule has 0 aliphatic heterocycles. The molecule has 0 aliphatic rings. The summed E-state index contributed by atoms with van der Waals surface area (Å²) in [6.07, 6.45) is 0. The maximum Gasteiger partial charge on any atom is 0.251 e. The Balaban J connectivity index is 3.04. The summed E-state index contributed by atoms with van der Waals surface area (Å²) in [7, 11) is -3.66. The minimum Gasteiger partial charge on any atom is -0.354 e. The van der Waals surface area contributed by atoms with Crippen LogP contribution in [0, 0.1) is 11.8 Å². The van der Waals surface area contributed by atoms with E-state index in [1.165, 1.54) is 22.5 Å². The first-order valence-corrected chi connectivity index (χ1v) is 11.2. The van der Waals surface area contributed by atoms with E-state index in [9.17, 15) is 18.0 Å². The predicted molar refractivity (Wildman–Crippen MR) is 110 cm³/mol. The van der Waals surface area contributed by atoms with Crippen molar-refractivity contribution in [1.29, 1.82) is 0 Å². The van der Waals surface area contributed by atoms with Gasteiger partial charge in [-0.05, 0) is 30.0 Å². The van der Waals surface area contributed by atoms with Crippen molar-refractivity contribution < 1.29 is 18.0 Å². The summed E-state index contributed by atoms with van der Waals surface area (Å²) < 4.78 is 26.7. The minimum absolute atomic E-state index is 0.0641. The van der Waals surface area contributed by atoms with E-state index in [0.717, 1.165) is 0 Å². The second-order valence-electron chi connectivity index (χ2n) is 7.45. The topological polar surface area (TPSA) is 95.6 Å². The summed E-state index contributed by atoms with van der Waals surface area (Å²) in [6, 6.07) is 5.20. The summed E-state index contributed by atoms with van der Waals surface area (Å²) >= 11 is 0. The largest absolute Gasteiger partial charge is 0.354 e. The van der Waals surface area contributed by atoms with Gasteiger partial charge < -0.3 is 10.6 Å². The third-order valence-corrected chi connectivity index (χ3v) is 6.41. The molecule has 0 heterocycles. The monoisotopic (exact) mass is 411 g/mol. The zero-order chi connectivity index (χ0) is 21.5. The van der Waals surface area contributed by atoms with Crippen molar-refractivity contribution in [3.8, 4) is 0 Å². The third-order valence-electron chi connectivity index (χ3n) is 4.36. The highest BCUT2D eigenvalue weighted by Gasteiger charge is 2.26. The van der Waals surface area contributed by atoms with Crippen LogP contribution in [-0.4, -0.2) is 50.2 Å². The predicted octanol–water partition coefficient (Wildman–Crippen LogP) is 2.24. The number of amides is 2. The molecule has 0 radical (unpaired) electrons. The summed E-state index contributed by atoms with van der Waals surface area (Å²) in [5, 5.41) is 5.56. The number of carbonyl (C=O) groups is 2. The molecule has 158 valence electrons. The van der Waals surface area contributed by atoms with Crippen LogP contribution in [0.1, 0.15) is 51.9 Å². The van der Waals surface area contributed by atoms with Gasteiger partial charge in [-0.15, -0.1) is 0 Å². The van der Waals surface area contributed by atoms with Gasteiger partial charge in [0.25, 0.3) is 5.91 Å². The van der Waals surface area contributed by atoms with Crippen molar-refractivity contribution in [1.82, 2.24) is 14.9 Å². The highest BCUT2D eigenvalue weighted by Crippen LogP contribution is 2.17. The Morgan fingerprint density at radius 2 is 1.68 bits per heavy atom. The Morgan fingerprint density at radius 1 is 1.07 bits per heavy atom. The average molecular weight is 412 g/mol. The van der Waals surface area contributed by atoms with Gasteiger partial charge >= 0.3 is 0 Å². The Labute approximate surface area is 168 Å². The molecule has 0 bridgehead atoms. The van der Waals surface area contributed by atoms with Crippen molar-refractivity contribution in [3.05, 3.63) is 29.8 Å². The lowest BCUT2D eigenvalue weighted by atomic mass is 10.0. The quantitative estimate of drug-likeness (QED) is 0.617. The van der Waals surface area contributed by atoms with E-state index < -0.39 is 22.0 Å². The van der Waals surface area contributed by atoms with Gasteiger partial charge in [0.05, 0.1) is 4.90 Å². The Morgan fingerprint density at radius 3 is 2.18 bits per heavy atom. The number of benzene rings is 1. The van der Waals surface area contributed by atoms with Crippen molar-refractivity contribution in [2.24, 2.45) is 11.8 Å². The summed E-state index contributed by atoms with van der Waals surface area (Å²) in [6.45, 7) is 12.4. The maximum absolute atomic E-state index is 12.7. The van der Waals surface area contributed by atoms with E-state index >= 15 is 0 Å². The van der Waals surface area contributed by atoms with Crippen LogP contribution in [0.25, 0.3) is 0 Å². The second kappa shape index (κ2) is 10.6. The first-order chi connectivity index (χ1) is 13.0. The first kappa shape index (κ1) is 24.1. The SMILES string of the molecule is CCN(CC)S(=O)(=O)c1cccc(C(=O)N[C@@H](C(=O)NCC(C)C)C(C)C)c1. The Hall–Kier alpha value is -1.93. The minimum atomic E-state index is -3.66. The van der Waals surface area contributed by atoms with E-state index in [4.69, 9.17) is 0 Å². The lowest BCUT2D eigenvalue weighted by molar-refractivity contribution is -0.124. The van der Waals surface area contributed by atoms with Gasteiger partial charge in [-0.2, -0.15) is 4.31 Å². The molecular weight excluding hydrogens is 378 g/mol. The molecule has 0 aromatic heterocycles. The number of hydrogen-bond donors (Lipinski definition) is 2. The lowest BCUT2D eigenvalue weighted by Gasteiger charge is -2.23. The second-order valence-corrected chi connectivity index (χ2v) is 9.39. The summed E-state index contributed by atoms with van der Waals surface area (Å²) in [5.74, 6) is -0.535. The normalized spacial score (nSPS) is 13.0. The van der Waals surface area contributed by atoms with Crippen LogP contribution in [0.4, 0.5) is 0 Å². The van der Waals surface area contributed by atoms with Gasteiger partial charge in [-0.25, -0.2) is 8.42 Å². The van der Waals surface area contributed by atoms with E-state index in [1.54, 1.807) is 19.9 Å². The smallest absolute Gasteiger partial charge is 0.251 e. The fourth-order valence-corrected chi connectivity index (χ4v) is 4.19. The molecule has 0 spiro atoms. The lowest BCUT2D eigenvalue weighted by Crippen LogP contribution is -2.50. The molecule has 8 heteroatoms. The molecule has 2 amide bonds. The van der Waals surface area contributed by atoms with Gasteiger partial charge in [0, 0.05) is 25.2 Å². The van der Waals surface area contributed by atoms with Gasteiger partial charge in [0.2, 0.25) is 15.9 Å². The van der Waals surface area contributed by atoms with Crippen molar-refractivity contribution in [2.45, 2.75) is 52.5 Å². The average Bonchev–Trinajstić information content (AvgIpc) is 2.64. The fourth-order valence-electron chi connectivity index (χ4n) is 2.68. The number of rotatable bonds is 10. The zero-order valence-corrected chi connectivity index (χ0v) is 18.5. The van der Waals surface area contributed by atoms with Gasteiger partial charge in [-0.1, -0.05) is 47.6 Å². The molecule has 0 saturated carbocycles. The molecule has 1 rings (SSSR count). The molecule has 0 fully saturated rings. The van der Waals surface area contributed by atoms with E-state index in [-0.39, 0.29) is 22.3 Å². The van der Waals surface area contributed by atoms with Crippen LogP contribution in [-0.2, 0) is 14.8 Å². The van der Waals surface area contributed by atoms with Crippen LogP contribution in [0.3, 0.4) is 0 Å². The van der Waals surface area contributed by atoms with Crippen LogP contribution in [0.5, 0.6) is 0 Å². The van der Waals surface area contributed by atoms with E-state index in [1.807, 2.05) is 27.7 Å². The molecule has 1 aromatic carbocycles. The number of hydrogen-bond acceptors (Lipinski definition) is 4. The number of carbonyl (C=O) groups excluding carboxylic acids is 2. The Bertz CT molecular complexity index is 771. The molecule has 1 aromatic rings. The molecule has 0 aliphatic carbocycles.